The lowest BCUT2D eigenvalue weighted by Crippen LogP contribution is -2.43. The lowest BCUT2D eigenvalue weighted by atomic mass is 10.2. The van der Waals surface area contributed by atoms with E-state index in [0.29, 0.717) is 13.0 Å². The zero-order valence-corrected chi connectivity index (χ0v) is 10.9. The highest BCUT2D eigenvalue weighted by Crippen LogP contribution is 2.14. The van der Waals surface area contributed by atoms with Crippen LogP contribution >= 0.6 is 0 Å². The first-order chi connectivity index (χ1) is 9.22. The maximum absolute atomic E-state index is 11.6. The molecule has 2 aromatic rings. The molecule has 1 heterocycles. The second kappa shape index (κ2) is 6.24. The van der Waals surface area contributed by atoms with Gasteiger partial charge < -0.3 is 20.7 Å². The Morgan fingerprint density at radius 3 is 2.89 bits per heavy atom. The molecular formula is C14H19N3O2. The normalized spacial score (nSPS) is 12.3. The molecule has 0 fully saturated rings. The number of H-pyrrole nitrogens is 1. The largest absolute Gasteiger partial charge is 0.394 e. The number of aromatic nitrogens is 1. The molecule has 1 atom stereocenters. The second-order valence-electron chi connectivity index (χ2n) is 4.50. The summed E-state index contributed by atoms with van der Waals surface area (Å²) < 4.78 is 0. The minimum Gasteiger partial charge on any atom is -0.394 e. The lowest BCUT2D eigenvalue weighted by Gasteiger charge is -2.14. The Morgan fingerprint density at radius 1 is 1.42 bits per heavy atom. The molecule has 102 valence electrons. The van der Waals surface area contributed by atoms with E-state index in [-0.39, 0.29) is 18.7 Å². The van der Waals surface area contributed by atoms with E-state index in [4.69, 9.17) is 5.11 Å². The molecule has 1 unspecified atom stereocenters. The number of hydrogen-bond donors (Lipinski definition) is 4. The molecule has 2 amide bonds. The van der Waals surface area contributed by atoms with Crippen molar-refractivity contribution < 1.29 is 9.90 Å². The minimum atomic E-state index is -0.264. The van der Waals surface area contributed by atoms with Gasteiger partial charge in [-0.1, -0.05) is 25.1 Å². The van der Waals surface area contributed by atoms with Crippen molar-refractivity contribution in [1.29, 1.82) is 0 Å². The predicted molar refractivity (Wildman–Crippen MR) is 74.8 cm³/mol. The summed E-state index contributed by atoms with van der Waals surface area (Å²) in [6.07, 6.45) is 0.705. The van der Waals surface area contributed by atoms with Crippen LogP contribution in [-0.4, -0.2) is 28.8 Å². The summed E-state index contributed by atoms with van der Waals surface area (Å²) in [5, 5.41) is 15.6. The minimum absolute atomic E-state index is 0.0453. The molecule has 1 aromatic heterocycles. The van der Waals surface area contributed by atoms with Gasteiger partial charge in [-0.15, -0.1) is 0 Å². The fourth-order valence-electron chi connectivity index (χ4n) is 1.92. The number of aromatic amines is 1. The summed E-state index contributed by atoms with van der Waals surface area (Å²) in [6.45, 7) is 2.30. The number of aliphatic hydroxyl groups excluding tert-OH is 1. The van der Waals surface area contributed by atoms with Crippen LogP contribution in [-0.2, 0) is 6.54 Å². The number of hydrogen-bond acceptors (Lipinski definition) is 2. The van der Waals surface area contributed by atoms with Gasteiger partial charge in [0, 0.05) is 11.2 Å². The van der Waals surface area contributed by atoms with Crippen LogP contribution in [0.15, 0.2) is 30.3 Å². The van der Waals surface area contributed by atoms with Gasteiger partial charge in [-0.25, -0.2) is 4.79 Å². The van der Waals surface area contributed by atoms with E-state index in [1.807, 2.05) is 37.3 Å². The van der Waals surface area contributed by atoms with Crippen molar-refractivity contribution in [2.24, 2.45) is 0 Å². The van der Waals surface area contributed by atoms with Crippen LogP contribution in [0.3, 0.4) is 0 Å². The number of para-hydroxylation sites is 1. The monoisotopic (exact) mass is 261 g/mol. The molecule has 1 aromatic carbocycles. The number of nitrogens with one attached hydrogen (secondary N) is 3. The Hall–Kier alpha value is -2.01. The molecule has 0 saturated carbocycles. The van der Waals surface area contributed by atoms with Gasteiger partial charge in [0.15, 0.2) is 0 Å². The fourth-order valence-corrected chi connectivity index (χ4v) is 1.92. The van der Waals surface area contributed by atoms with Gasteiger partial charge in [0.25, 0.3) is 0 Å². The van der Waals surface area contributed by atoms with Crippen LogP contribution in [0.4, 0.5) is 4.79 Å². The Bertz CT molecular complexity index is 513. The summed E-state index contributed by atoms with van der Waals surface area (Å²) >= 11 is 0. The van der Waals surface area contributed by atoms with Crippen molar-refractivity contribution in [1.82, 2.24) is 15.6 Å². The van der Waals surface area contributed by atoms with Crippen molar-refractivity contribution in [3.63, 3.8) is 0 Å². The molecule has 0 aliphatic heterocycles. The quantitative estimate of drug-likeness (QED) is 0.661. The van der Waals surface area contributed by atoms with E-state index < -0.39 is 0 Å². The molecule has 4 N–H and O–H groups in total. The smallest absolute Gasteiger partial charge is 0.315 e. The van der Waals surface area contributed by atoms with Crippen LogP contribution in [0.25, 0.3) is 10.9 Å². The van der Waals surface area contributed by atoms with Gasteiger partial charge in [-0.2, -0.15) is 0 Å². The van der Waals surface area contributed by atoms with Gasteiger partial charge in [0.2, 0.25) is 0 Å². The van der Waals surface area contributed by atoms with Crippen molar-refractivity contribution in [2.45, 2.75) is 25.9 Å². The maximum Gasteiger partial charge on any atom is 0.315 e. The maximum atomic E-state index is 11.6. The van der Waals surface area contributed by atoms with Crippen molar-refractivity contribution in [3.8, 4) is 0 Å². The third-order valence-corrected chi connectivity index (χ3v) is 3.07. The number of urea groups is 1. The summed E-state index contributed by atoms with van der Waals surface area (Å²) in [4.78, 5) is 14.9. The standard InChI is InChI=1S/C14H19N3O2/c1-2-11(9-18)17-14(19)15-8-12-7-10-5-3-4-6-13(10)16-12/h3-7,11,16,18H,2,8-9H2,1H3,(H2,15,17,19). The van der Waals surface area contributed by atoms with Crippen molar-refractivity contribution in [3.05, 3.63) is 36.0 Å². The van der Waals surface area contributed by atoms with Gasteiger partial charge in [-0.3, -0.25) is 0 Å². The predicted octanol–water partition coefficient (Wildman–Crippen LogP) is 1.74. The van der Waals surface area contributed by atoms with Crippen LogP contribution in [0.5, 0.6) is 0 Å². The third-order valence-electron chi connectivity index (χ3n) is 3.07. The third kappa shape index (κ3) is 3.48. The molecule has 19 heavy (non-hydrogen) atoms. The number of amides is 2. The van der Waals surface area contributed by atoms with Gasteiger partial charge in [0.05, 0.1) is 19.2 Å². The van der Waals surface area contributed by atoms with Crippen LogP contribution in [0.2, 0.25) is 0 Å². The van der Waals surface area contributed by atoms with Crippen LogP contribution in [0.1, 0.15) is 19.0 Å². The molecule has 5 nitrogen and oxygen atoms in total. The summed E-state index contributed by atoms with van der Waals surface area (Å²) in [5.41, 5.74) is 2.01. The van der Waals surface area contributed by atoms with E-state index in [1.165, 1.54) is 0 Å². The van der Waals surface area contributed by atoms with E-state index in [9.17, 15) is 4.79 Å². The number of benzene rings is 1. The molecule has 2 rings (SSSR count). The first-order valence-electron chi connectivity index (χ1n) is 6.44. The zero-order chi connectivity index (χ0) is 13.7. The summed E-state index contributed by atoms with van der Waals surface area (Å²) in [6, 6.07) is 9.52. The molecule has 0 spiro atoms. The molecule has 5 heteroatoms. The number of fused-ring (bicyclic) bond motifs is 1. The first kappa shape index (κ1) is 13.4. The molecular weight excluding hydrogens is 242 g/mol. The molecule has 0 aliphatic rings. The lowest BCUT2D eigenvalue weighted by molar-refractivity contribution is 0.214. The fraction of sp³-hybridized carbons (Fsp3) is 0.357. The highest BCUT2D eigenvalue weighted by molar-refractivity contribution is 5.80. The van der Waals surface area contributed by atoms with Gasteiger partial charge in [0.1, 0.15) is 0 Å². The topological polar surface area (TPSA) is 77.2 Å². The SMILES string of the molecule is CCC(CO)NC(=O)NCc1cc2ccccc2[nH]1. The Labute approximate surface area is 112 Å². The molecule has 0 saturated heterocycles. The molecule has 0 aliphatic carbocycles. The first-order valence-corrected chi connectivity index (χ1v) is 6.44. The van der Waals surface area contributed by atoms with Crippen molar-refractivity contribution in [2.75, 3.05) is 6.61 Å². The van der Waals surface area contributed by atoms with Crippen molar-refractivity contribution >= 4 is 16.9 Å². The highest BCUT2D eigenvalue weighted by atomic mass is 16.3. The summed E-state index contributed by atoms with van der Waals surface area (Å²) in [7, 11) is 0. The zero-order valence-electron chi connectivity index (χ0n) is 10.9. The number of rotatable bonds is 5. The van der Waals surface area contributed by atoms with Gasteiger partial charge >= 0.3 is 6.03 Å². The highest BCUT2D eigenvalue weighted by Gasteiger charge is 2.08. The van der Waals surface area contributed by atoms with E-state index >= 15 is 0 Å². The number of aliphatic hydroxyl groups is 1. The number of carbonyl (C=O) groups excluding carboxylic acids is 1. The number of carbonyl (C=O) groups is 1. The van der Waals surface area contributed by atoms with E-state index in [1.54, 1.807) is 0 Å². The van der Waals surface area contributed by atoms with Gasteiger partial charge in [-0.05, 0) is 23.9 Å². The van der Waals surface area contributed by atoms with Crippen LogP contribution < -0.4 is 10.6 Å². The molecule has 0 radical (unpaired) electrons. The Morgan fingerprint density at radius 2 is 2.21 bits per heavy atom. The Balaban J connectivity index is 1.89. The Kier molecular flexibility index (Phi) is 4.41. The van der Waals surface area contributed by atoms with E-state index in [2.05, 4.69) is 15.6 Å². The average molecular weight is 261 g/mol. The molecule has 0 bridgehead atoms. The second-order valence-corrected chi connectivity index (χ2v) is 4.50. The van der Waals surface area contributed by atoms with Crippen LogP contribution in [0, 0.1) is 0 Å². The average Bonchev–Trinajstić information content (AvgIpc) is 2.85. The van der Waals surface area contributed by atoms with E-state index in [0.717, 1.165) is 16.6 Å². The summed E-state index contributed by atoms with van der Waals surface area (Å²) in [5.74, 6) is 0.